The van der Waals surface area contributed by atoms with E-state index < -0.39 is 5.60 Å². The molecule has 4 rings (SSSR count). The molecular formula is C29H38Cl2N6O2. The molecule has 0 spiro atoms. The van der Waals surface area contributed by atoms with Crippen molar-refractivity contribution in [2.24, 2.45) is 7.05 Å². The summed E-state index contributed by atoms with van der Waals surface area (Å²) in [6, 6.07) is 7.61. The molecule has 2 aromatic heterocycles. The number of ether oxygens (including phenoxy) is 1. The molecule has 0 radical (unpaired) electrons. The van der Waals surface area contributed by atoms with Crippen molar-refractivity contribution in [3.8, 4) is 11.3 Å². The van der Waals surface area contributed by atoms with Crippen molar-refractivity contribution in [3.63, 3.8) is 0 Å². The van der Waals surface area contributed by atoms with Crippen LogP contribution in [0.1, 0.15) is 65.9 Å². The first-order chi connectivity index (χ1) is 18.5. The lowest BCUT2D eigenvalue weighted by Crippen LogP contribution is -2.57. The van der Waals surface area contributed by atoms with Crippen LogP contribution in [0.15, 0.2) is 42.9 Å². The molecule has 0 aliphatic carbocycles. The Kier molecular flexibility index (Phi) is 9.07. The van der Waals surface area contributed by atoms with Gasteiger partial charge in [0.05, 0.1) is 11.9 Å². The molecule has 0 bridgehead atoms. The maximum atomic E-state index is 13.3. The summed E-state index contributed by atoms with van der Waals surface area (Å²) in [6.45, 7) is 10.5. The highest BCUT2D eigenvalue weighted by atomic mass is 35.5. The number of piperidine rings is 1. The van der Waals surface area contributed by atoms with E-state index in [-0.39, 0.29) is 24.2 Å². The Hall–Kier alpha value is -2.84. The Morgan fingerprint density at radius 1 is 1.10 bits per heavy atom. The van der Waals surface area contributed by atoms with Gasteiger partial charge in [-0.25, -0.2) is 14.8 Å². The number of amides is 1. The molecule has 210 valence electrons. The Bertz CT molecular complexity index is 1260. The number of anilines is 1. The lowest BCUT2D eigenvalue weighted by Gasteiger charge is -2.48. The minimum atomic E-state index is -0.553. The fraction of sp³-hybridized carbons (Fsp3) is 0.517. The summed E-state index contributed by atoms with van der Waals surface area (Å²) in [5, 5.41) is 5.47. The second kappa shape index (κ2) is 12.1. The minimum Gasteiger partial charge on any atom is -0.444 e. The maximum absolute atomic E-state index is 13.3. The van der Waals surface area contributed by atoms with E-state index in [1.54, 1.807) is 23.1 Å². The third-order valence-electron chi connectivity index (χ3n) is 7.04. The lowest BCUT2D eigenvalue weighted by molar-refractivity contribution is -0.00966. The van der Waals surface area contributed by atoms with Crippen LogP contribution < -0.4 is 4.90 Å². The zero-order valence-corrected chi connectivity index (χ0v) is 25.1. The van der Waals surface area contributed by atoms with Gasteiger partial charge in [-0.15, -0.1) is 0 Å². The number of likely N-dealkylation sites (tertiary alicyclic amines) is 1. The van der Waals surface area contributed by atoms with E-state index in [1.807, 2.05) is 57.1 Å². The number of benzene rings is 1. The van der Waals surface area contributed by atoms with Crippen molar-refractivity contribution in [3.05, 3.63) is 58.5 Å². The maximum Gasteiger partial charge on any atom is 0.410 e. The van der Waals surface area contributed by atoms with E-state index >= 15 is 0 Å². The van der Waals surface area contributed by atoms with Crippen molar-refractivity contribution in [1.82, 2.24) is 24.6 Å². The summed E-state index contributed by atoms with van der Waals surface area (Å²) in [6.07, 6.45) is 8.44. The van der Waals surface area contributed by atoms with Gasteiger partial charge in [0.25, 0.3) is 0 Å². The van der Waals surface area contributed by atoms with Crippen LogP contribution in [0.25, 0.3) is 11.3 Å². The van der Waals surface area contributed by atoms with Crippen molar-refractivity contribution in [1.29, 1.82) is 0 Å². The van der Waals surface area contributed by atoms with Gasteiger partial charge in [-0.05, 0) is 76.3 Å². The van der Waals surface area contributed by atoms with Crippen molar-refractivity contribution < 1.29 is 9.53 Å². The normalized spacial score (nSPS) is 19.7. The standard InChI is InChI=1S/C29H38Cl2N6O2/c1-7-23-14-25(15-24(8-2)37(23)28(38)39-29(3,4)5)36(17-19-11-21(30)13-22(31)12-19)27-32-10-9-26(34-27)20-16-33-35(6)18-20/h9-13,16,18,23-25H,7-8,14-15,17H2,1-6H3/t23-,24+,25?. The first-order valence-corrected chi connectivity index (χ1v) is 14.3. The van der Waals surface area contributed by atoms with Crippen LogP contribution in [0.2, 0.25) is 10.0 Å². The Labute approximate surface area is 241 Å². The molecule has 39 heavy (non-hydrogen) atoms. The number of nitrogens with zero attached hydrogens (tertiary/aromatic N) is 6. The van der Waals surface area contributed by atoms with Crippen molar-refractivity contribution in [2.75, 3.05) is 4.90 Å². The Morgan fingerprint density at radius 2 is 1.74 bits per heavy atom. The molecule has 1 saturated heterocycles. The summed E-state index contributed by atoms with van der Waals surface area (Å²) < 4.78 is 7.58. The third-order valence-corrected chi connectivity index (χ3v) is 7.47. The van der Waals surface area contributed by atoms with Crippen LogP contribution in [0.3, 0.4) is 0 Å². The second-order valence-corrected chi connectivity index (χ2v) is 12.1. The lowest BCUT2D eigenvalue weighted by atomic mass is 9.87. The van der Waals surface area contributed by atoms with Gasteiger partial charge in [-0.1, -0.05) is 37.0 Å². The number of aromatic nitrogens is 4. The highest BCUT2D eigenvalue weighted by molar-refractivity contribution is 6.34. The predicted molar refractivity (Wildman–Crippen MR) is 156 cm³/mol. The zero-order valence-electron chi connectivity index (χ0n) is 23.6. The van der Waals surface area contributed by atoms with E-state index in [0.29, 0.717) is 22.5 Å². The van der Waals surface area contributed by atoms with Gasteiger partial charge in [-0.3, -0.25) is 4.68 Å². The molecule has 1 aliphatic heterocycles. The summed E-state index contributed by atoms with van der Waals surface area (Å²) in [5.74, 6) is 0.618. The van der Waals surface area contributed by atoms with Gasteiger partial charge < -0.3 is 14.5 Å². The van der Waals surface area contributed by atoms with Gasteiger partial charge in [0.15, 0.2) is 0 Å². The molecule has 1 unspecified atom stereocenters. The molecule has 0 saturated carbocycles. The van der Waals surface area contributed by atoms with Gasteiger partial charge in [-0.2, -0.15) is 5.10 Å². The molecule has 3 atom stereocenters. The molecule has 10 heteroatoms. The Balaban J connectivity index is 1.71. The molecule has 1 aliphatic rings. The van der Waals surface area contributed by atoms with Crippen LogP contribution in [0.5, 0.6) is 0 Å². The molecule has 1 amide bonds. The zero-order chi connectivity index (χ0) is 28.3. The first kappa shape index (κ1) is 29.2. The summed E-state index contributed by atoms with van der Waals surface area (Å²) in [4.78, 5) is 27.2. The van der Waals surface area contributed by atoms with E-state index in [4.69, 9.17) is 37.9 Å². The van der Waals surface area contributed by atoms with Gasteiger partial charge in [0, 0.05) is 59.7 Å². The number of carbonyl (C=O) groups is 1. The molecule has 3 aromatic rings. The SMILES string of the molecule is CC[C@@H]1CC(N(Cc2cc(Cl)cc(Cl)c2)c2nccc(-c3cnn(C)c3)n2)C[C@H](CC)N1C(=O)OC(C)(C)C. The van der Waals surface area contributed by atoms with Crippen LogP contribution in [-0.2, 0) is 18.3 Å². The van der Waals surface area contributed by atoms with Crippen LogP contribution in [0.4, 0.5) is 10.7 Å². The Morgan fingerprint density at radius 3 is 2.28 bits per heavy atom. The van der Waals surface area contributed by atoms with Crippen molar-refractivity contribution in [2.45, 2.75) is 90.6 Å². The van der Waals surface area contributed by atoms with Crippen LogP contribution in [-0.4, -0.2) is 54.5 Å². The summed E-state index contributed by atoms with van der Waals surface area (Å²) >= 11 is 12.7. The highest BCUT2D eigenvalue weighted by Crippen LogP contribution is 2.35. The highest BCUT2D eigenvalue weighted by Gasteiger charge is 2.41. The molecule has 1 fully saturated rings. The van der Waals surface area contributed by atoms with Gasteiger partial charge in [0.2, 0.25) is 5.95 Å². The number of hydrogen-bond acceptors (Lipinski definition) is 6. The summed E-state index contributed by atoms with van der Waals surface area (Å²) in [7, 11) is 1.88. The monoisotopic (exact) mass is 572 g/mol. The number of rotatable bonds is 7. The van der Waals surface area contributed by atoms with E-state index in [0.717, 1.165) is 42.5 Å². The summed E-state index contributed by atoms with van der Waals surface area (Å²) in [5.41, 5.74) is 2.14. The molecule has 0 N–H and O–H groups in total. The molecular weight excluding hydrogens is 535 g/mol. The van der Waals surface area contributed by atoms with Crippen molar-refractivity contribution >= 4 is 35.2 Å². The fourth-order valence-electron chi connectivity index (χ4n) is 5.31. The van der Waals surface area contributed by atoms with E-state index in [9.17, 15) is 4.79 Å². The van der Waals surface area contributed by atoms with Gasteiger partial charge in [0.1, 0.15) is 5.60 Å². The van der Waals surface area contributed by atoms with Crippen LogP contribution >= 0.6 is 23.2 Å². The number of halogens is 2. The largest absolute Gasteiger partial charge is 0.444 e. The minimum absolute atomic E-state index is 0.0236. The fourth-order valence-corrected chi connectivity index (χ4v) is 5.88. The quantitative estimate of drug-likeness (QED) is 0.299. The predicted octanol–water partition coefficient (Wildman–Crippen LogP) is 7.15. The number of carbonyl (C=O) groups excluding carboxylic acids is 1. The second-order valence-electron chi connectivity index (χ2n) is 11.2. The average Bonchev–Trinajstić information content (AvgIpc) is 3.31. The smallest absolute Gasteiger partial charge is 0.410 e. The number of hydrogen-bond donors (Lipinski definition) is 0. The third kappa shape index (κ3) is 7.22. The van der Waals surface area contributed by atoms with E-state index in [2.05, 4.69) is 23.8 Å². The van der Waals surface area contributed by atoms with Crippen LogP contribution in [0, 0.1) is 0 Å². The molecule has 1 aromatic carbocycles. The first-order valence-electron chi connectivity index (χ1n) is 13.5. The topological polar surface area (TPSA) is 76.4 Å². The molecule has 3 heterocycles. The van der Waals surface area contributed by atoms with E-state index in [1.165, 1.54) is 0 Å². The molecule has 8 nitrogen and oxygen atoms in total. The number of aryl methyl sites for hydroxylation is 1. The average molecular weight is 574 g/mol. The van der Waals surface area contributed by atoms with Gasteiger partial charge >= 0.3 is 6.09 Å².